The number of benzene rings is 2. The number of halogens is 2. The fourth-order valence-electron chi connectivity index (χ4n) is 3.74. The summed E-state index contributed by atoms with van der Waals surface area (Å²) >= 11 is 5.91. The van der Waals surface area contributed by atoms with Gasteiger partial charge in [-0.1, -0.05) is 23.7 Å². The van der Waals surface area contributed by atoms with Gasteiger partial charge in [0.25, 0.3) is 5.56 Å². The summed E-state index contributed by atoms with van der Waals surface area (Å²) in [6.07, 6.45) is 3.57. The molecular formula is C23H20ClFN4O2. The molecule has 8 heteroatoms. The normalized spacial score (nSPS) is 14.8. The van der Waals surface area contributed by atoms with E-state index < -0.39 is 0 Å². The summed E-state index contributed by atoms with van der Waals surface area (Å²) in [5.41, 5.74) is 2.88. The third-order valence-electron chi connectivity index (χ3n) is 5.41. The standard InChI is InChI=1S/C23H20ClFN4O2/c24-17-5-1-15(2-6-17)14-31-20-12-28(13-20)10-19-11-29-21(23(30)27-19)9-26-22(29)16-3-7-18(25)8-4-16/h1-9,11,20H,10,12-14H2,(H,27,30). The molecule has 31 heavy (non-hydrogen) atoms. The van der Waals surface area contributed by atoms with Gasteiger partial charge in [0, 0.05) is 42.1 Å². The van der Waals surface area contributed by atoms with Crippen molar-refractivity contribution in [3.8, 4) is 11.4 Å². The van der Waals surface area contributed by atoms with Crippen LogP contribution in [0, 0.1) is 5.82 Å². The minimum atomic E-state index is -0.311. The van der Waals surface area contributed by atoms with E-state index in [1.165, 1.54) is 18.3 Å². The van der Waals surface area contributed by atoms with Crippen LogP contribution in [0.3, 0.4) is 0 Å². The van der Waals surface area contributed by atoms with Crippen molar-refractivity contribution < 1.29 is 9.13 Å². The maximum absolute atomic E-state index is 13.3. The first kappa shape index (κ1) is 19.9. The first-order valence-corrected chi connectivity index (χ1v) is 10.4. The number of rotatable bonds is 6. The maximum atomic E-state index is 13.3. The van der Waals surface area contributed by atoms with E-state index in [4.69, 9.17) is 16.3 Å². The molecule has 0 unspecified atom stereocenters. The first-order valence-electron chi connectivity index (χ1n) is 9.99. The van der Waals surface area contributed by atoms with E-state index in [2.05, 4.69) is 14.9 Å². The lowest BCUT2D eigenvalue weighted by Gasteiger charge is -2.38. The highest BCUT2D eigenvalue weighted by molar-refractivity contribution is 6.30. The highest BCUT2D eigenvalue weighted by Crippen LogP contribution is 2.21. The van der Waals surface area contributed by atoms with Crippen LogP contribution in [0.4, 0.5) is 4.39 Å². The number of nitrogens with zero attached hydrogens (tertiary/aromatic N) is 3. The number of ether oxygens (including phenoxy) is 1. The van der Waals surface area contributed by atoms with Crippen LogP contribution in [-0.4, -0.2) is 38.5 Å². The van der Waals surface area contributed by atoms with Crippen LogP contribution in [-0.2, 0) is 17.9 Å². The Balaban J connectivity index is 1.25. The SMILES string of the molecule is O=c1[nH]c(CN2CC(OCc3ccc(Cl)cc3)C2)cn2c(-c3ccc(F)cc3)ncc12. The fraction of sp³-hybridized carbons (Fsp3) is 0.217. The summed E-state index contributed by atoms with van der Waals surface area (Å²) in [4.78, 5) is 22.0. The van der Waals surface area contributed by atoms with Gasteiger partial charge in [-0.3, -0.25) is 14.1 Å². The summed E-state index contributed by atoms with van der Waals surface area (Å²) < 4.78 is 21.0. The van der Waals surface area contributed by atoms with Gasteiger partial charge in [0.2, 0.25) is 0 Å². The number of imidazole rings is 1. The summed E-state index contributed by atoms with van der Waals surface area (Å²) in [6.45, 7) is 2.74. The number of aromatic amines is 1. The monoisotopic (exact) mass is 438 g/mol. The predicted molar refractivity (Wildman–Crippen MR) is 117 cm³/mol. The molecule has 0 saturated carbocycles. The highest BCUT2D eigenvalue weighted by Gasteiger charge is 2.27. The average Bonchev–Trinajstić information content (AvgIpc) is 3.16. The molecule has 0 amide bonds. The summed E-state index contributed by atoms with van der Waals surface area (Å²) in [5, 5.41) is 0.713. The van der Waals surface area contributed by atoms with Gasteiger partial charge in [0.05, 0.1) is 18.9 Å². The topological polar surface area (TPSA) is 62.6 Å². The minimum Gasteiger partial charge on any atom is -0.371 e. The molecule has 6 nitrogen and oxygen atoms in total. The molecule has 5 rings (SSSR count). The van der Waals surface area contributed by atoms with E-state index in [0.717, 1.165) is 29.9 Å². The molecule has 158 valence electrons. The molecule has 1 aliphatic heterocycles. The van der Waals surface area contributed by atoms with Gasteiger partial charge in [-0.05, 0) is 42.0 Å². The molecule has 0 atom stereocenters. The Morgan fingerprint density at radius 3 is 2.61 bits per heavy atom. The van der Waals surface area contributed by atoms with Crippen molar-refractivity contribution in [2.45, 2.75) is 19.3 Å². The van der Waals surface area contributed by atoms with Crippen LogP contribution in [0.2, 0.25) is 5.02 Å². The number of fused-ring (bicyclic) bond motifs is 1. The average molecular weight is 439 g/mol. The number of H-pyrrole nitrogens is 1. The van der Waals surface area contributed by atoms with Crippen LogP contribution in [0.25, 0.3) is 16.9 Å². The Morgan fingerprint density at radius 2 is 1.87 bits per heavy atom. The lowest BCUT2D eigenvalue weighted by atomic mass is 10.1. The van der Waals surface area contributed by atoms with Crippen molar-refractivity contribution in [2.24, 2.45) is 0 Å². The number of hydrogen-bond donors (Lipinski definition) is 1. The predicted octanol–water partition coefficient (Wildman–Crippen LogP) is 3.88. The number of nitrogens with one attached hydrogen (secondary N) is 1. The van der Waals surface area contributed by atoms with Crippen molar-refractivity contribution in [1.29, 1.82) is 0 Å². The van der Waals surface area contributed by atoms with E-state index in [0.29, 0.717) is 29.5 Å². The van der Waals surface area contributed by atoms with Gasteiger partial charge in [0.1, 0.15) is 17.2 Å². The first-order chi connectivity index (χ1) is 15.0. The third kappa shape index (κ3) is 4.25. The van der Waals surface area contributed by atoms with Crippen molar-refractivity contribution in [2.75, 3.05) is 13.1 Å². The van der Waals surface area contributed by atoms with Crippen molar-refractivity contribution in [1.82, 2.24) is 19.3 Å². The lowest BCUT2D eigenvalue weighted by molar-refractivity contribution is -0.0663. The molecule has 2 aromatic heterocycles. The molecular weight excluding hydrogens is 419 g/mol. The molecule has 1 saturated heterocycles. The second-order valence-corrected chi connectivity index (χ2v) is 8.14. The van der Waals surface area contributed by atoms with Crippen LogP contribution in [0.5, 0.6) is 0 Å². The summed E-state index contributed by atoms with van der Waals surface area (Å²) in [6, 6.07) is 13.7. The summed E-state index contributed by atoms with van der Waals surface area (Å²) in [5.74, 6) is 0.295. The zero-order valence-corrected chi connectivity index (χ0v) is 17.3. The quantitative estimate of drug-likeness (QED) is 0.496. The maximum Gasteiger partial charge on any atom is 0.274 e. The molecule has 3 heterocycles. The molecule has 1 fully saturated rings. The smallest absolute Gasteiger partial charge is 0.274 e. The van der Waals surface area contributed by atoms with Gasteiger partial charge in [-0.25, -0.2) is 9.37 Å². The Morgan fingerprint density at radius 1 is 1.13 bits per heavy atom. The molecule has 0 spiro atoms. The molecule has 4 aromatic rings. The largest absolute Gasteiger partial charge is 0.371 e. The Bertz CT molecular complexity index is 1260. The number of likely N-dealkylation sites (tertiary alicyclic amines) is 1. The molecule has 2 aromatic carbocycles. The van der Waals surface area contributed by atoms with Crippen LogP contribution >= 0.6 is 11.6 Å². The van der Waals surface area contributed by atoms with Crippen molar-refractivity contribution in [3.63, 3.8) is 0 Å². The fourth-order valence-corrected chi connectivity index (χ4v) is 3.87. The number of hydrogen-bond acceptors (Lipinski definition) is 4. The molecule has 1 aliphatic rings. The van der Waals surface area contributed by atoms with Gasteiger partial charge in [0.15, 0.2) is 0 Å². The zero-order valence-electron chi connectivity index (χ0n) is 16.6. The van der Waals surface area contributed by atoms with Crippen molar-refractivity contribution in [3.05, 3.63) is 93.4 Å². The molecule has 0 radical (unpaired) electrons. The summed E-state index contributed by atoms with van der Waals surface area (Å²) in [7, 11) is 0. The second kappa shape index (κ2) is 8.26. The Hall–Kier alpha value is -3.00. The van der Waals surface area contributed by atoms with Crippen LogP contribution in [0.15, 0.2) is 65.7 Å². The van der Waals surface area contributed by atoms with E-state index >= 15 is 0 Å². The van der Waals surface area contributed by atoms with Crippen LogP contribution < -0.4 is 5.56 Å². The lowest BCUT2D eigenvalue weighted by Crippen LogP contribution is -2.51. The van der Waals surface area contributed by atoms with E-state index in [-0.39, 0.29) is 17.5 Å². The number of aromatic nitrogens is 3. The Kier molecular flexibility index (Phi) is 5.31. The van der Waals surface area contributed by atoms with E-state index in [1.54, 1.807) is 16.5 Å². The van der Waals surface area contributed by atoms with Gasteiger partial charge in [-0.15, -0.1) is 0 Å². The van der Waals surface area contributed by atoms with E-state index in [1.807, 2.05) is 30.5 Å². The second-order valence-electron chi connectivity index (χ2n) is 7.71. The minimum absolute atomic E-state index is 0.161. The van der Waals surface area contributed by atoms with Crippen molar-refractivity contribution >= 4 is 17.1 Å². The Labute approximate surface area is 182 Å². The van der Waals surface area contributed by atoms with Gasteiger partial charge < -0.3 is 9.72 Å². The van der Waals surface area contributed by atoms with Gasteiger partial charge >= 0.3 is 0 Å². The zero-order chi connectivity index (χ0) is 21.4. The van der Waals surface area contributed by atoms with Gasteiger partial charge in [-0.2, -0.15) is 0 Å². The van der Waals surface area contributed by atoms with Crippen LogP contribution in [0.1, 0.15) is 11.3 Å². The molecule has 0 bridgehead atoms. The van der Waals surface area contributed by atoms with E-state index in [9.17, 15) is 9.18 Å². The third-order valence-corrected chi connectivity index (χ3v) is 5.66. The molecule has 1 N–H and O–H groups in total. The molecule has 0 aliphatic carbocycles. The highest BCUT2D eigenvalue weighted by atomic mass is 35.5.